The van der Waals surface area contributed by atoms with E-state index in [1.54, 1.807) is 0 Å². The van der Waals surface area contributed by atoms with Crippen LogP contribution in [0.3, 0.4) is 0 Å². The zero-order chi connectivity index (χ0) is 23.4. The van der Waals surface area contributed by atoms with E-state index in [1.165, 1.54) is 31.4 Å². The molecule has 1 saturated heterocycles. The molecule has 6 rings (SSSR count). The van der Waals surface area contributed by atoms with Crippen molar-refractivity contribution in [3.8, 4) is 0 Å². The van der Waals surface area contributed by atoms with Crippen LogP contribution >= 0.6 is 0 Å². The normalized spacial score (nSPS) is 34.4. The van der Waals surface area contributed by atoms with Gasteiger partial charge in [0.2, 0.25) is 15.9 Å². The molecule has 0 spiro atoms. The number of alkyl halides is 3. The molecule has 4 aliphatic carbocycles. The summed E-state index contributed by atoms with van der Waals surface area (Å²) in [6.07, 6.45) is 3.76. The number of rotatable bonds is 5. The maximum Gasteiger partial charge on any atom is 0.417 e. The molecule has 5 aliphatic rings. The summed E-state index contributed by atoms with van der Waals surface area (Å²) >= 11 is 0. The largest absolute Gasteiger partial charge is 0.417 e. The van der Waals surface area contributed by atoms with Crippen LogP contribution in [-0.2, 0) is 21.0 Å². The highest BCUT2D eigenvalue weighted by Gasteiger charge is 2.51. The van der Waals surface area contributed by atoms with Gasteiger partial charge < -0.3 is 5.32 Å². The van der Waals surface area contributed by atoms with Crippen molar-refractivity contribution >= 4 is 15.9 Å². The summed E-state index contributed by atoms with van der Waals surface area (Å²) in [7, 11) is -4.39. The van der Waals surface area contributed by atoms with E-state index in [9.17, 15) is 26.4 Å². The molecule has 1 heterocycles. The lowest BCUT2D eigenvalue weighted by Gasteiger charge is -2.57. The molecule has 1 aliphatic heterocycles. The van der Waals surface area contributed by atoms with Crippen LogP contribution in [0.25, 0.3) is 0 Å². The van der Waals surface area contributed by atoms with Crippen LogP contribution in [0.4, 0.5) is 13.2 Å². The summed E-state index contributed by atoms with van der Waals surface area (Å²) in [5.74, 6) is 1.83. The summed E-state index contributed by atoms with van der Waals surface area (Å²) in [6, 6.07) is 3.68. The Hall–Kier alpha value is -1.61. The van der Waals surface area contributed by atoms with Crippen LogP contribution in [0, 0.1) is 17.8 Å². The van der Waals surface area contributed by atoms with Crippen LogP contribution in [0.2, 0.25) is 0 Å². The molecule has 9 heteroatoms. The summed E-state index contributed by atoms with van der Waals surface area (Å²) in [4.78, 5) is 12.4. The molecular weight excluding hydrogens is 453 g/mol. The fourth-order valence-electron chi connectivity index (χ4n) is 7.37. The first-order chi connectivity index (χ1) is 15.6. The van der Waals surface area contributed by atoms with Gasteiger partial charge >= 0.3 is 6.18 Å². The quantitative estimate of drug-likeness (QED) is 0.658. The number of nitrogens with zero attached hydrogens (tertiary/aromatic N) is 1. The number of amides is 1. The van der Waals surface area contributed by atoms with E-state index in [4.69, 9.17) is 0 Å². The second-order valence-electron chi connectivity index (χ2n) is 10.7. The molecular formula is C24H31F3N2O3S. The molecule has 4 saturated carbocycles. The summed E-state index contributed by atoms with van der Waals surface area (Å²) in [5, 5.41) is 3.28. The van der Waals surface area contributed by atoms with Crippen molar-refractivity contribution in [2.45, 2.75) is 86.9 Å². The van der Waals surface area contributed by atoms with Gasteiger partial charge in [-0.2, -0.15) is 17.5 Å². The highest BCUT2D eigenvalue weighted by Crippen LogP contribution is 2.55. The minimum Gasteiger partial charge on any atom is -0.351 e. The Morgan fingerprint density at radius 1 is 1.03 bits per heavy atom. The third-order valence-corrected chi connectivity index (χ3v) is 10.2. The van der Waals surface area contributed by atoms with Crippen molar-refractivity contribution in [2.24, 2.45) is 17.8 Å². The van der Waals surface area contributed by atoms with Gasteiger partial charge in [0.25, 0.3) is 0 Å². The molecule has 1 aromatic carbocycles. The Morgan fingerprint density at radius 2 is 1.64 bits per heavy atom. The van der Waals surface area contributed by atoms with Gasteiger partial charge in [-0.25, -0.2) is 8.42 Å². The number of benzene rings is 1. The van der Waals surface area contributed by atoms with Gasteiger partial charge in [-0.3, -0.25) is 4.79 Å². The van der Waals surface area contributed by atoms with Crippen LogP contribution in [0.5, 0.6) is 0 Å². The van der Waals surface area contributed by atoms with E-state index in [0.717, 1.165) is 42.1 Å². The maximum atomic E-state index is 13.5. The van der Waals surface area contributed by atoms with E-state index in [2.05, 4.69) is 5.32 Å². The lowest BCUT2D eigenvalue weighted by atomic mass is 9.53. The molecule has 1 aromatic rings. The average Bonchev–Trinajstić information content (AvgIpc) is 2.72. The van der Waals surface area contributed by atoms with Crippen LogP contribution in [0.1, 0.15) is 69.8 Å². The zero-order valence-corrected chi connectivity index (χ0v) is 19.4. The number of carbonyl (C=O) groups is 1. The Labute approximate surface area is 193 Å². The Bertz CT molecular complexity index is 989. The topological polar surface area (TPSA) is 66.5 Å². The monoisotopic (exact) mass is 484 g/mol. The second-order valence-corrected chi connectivity index (χ2v) is 12.6. The predicted octanol–water partition coefficient (Wildman–Crippen LogP) is 4.72. The Kier molecular flexibility index (Phi) is 5.79. The maximum absolute atomic E-state index is 13.5. The smallest absolute Gasteiger partial charge is 0.351 e. The predicted molar refractivity (Wildman–Crippen MR) is 117 cm³/mol. The number of nitrogens with one attached hydrogen (secondary N) is 1. The van der Waals surface area contributed by atoms with Gasteiger partial charge in [0.15, 0.2) is 0 Å². The van der Waals surface area contributed by atoms with E-state index < -0.39 is 32.7 Å². The number of carbonyl (C=O) groups excluding carboxylic acids is 1. The molecule has 4 bridgehead atoms. The van der Waals surface area contributed by atoms with Crippen LogP contribution in [-0.4, -0.2) is 36.8 Å². The molecule has 0 aromatic heterocycles. The highest BCUT2D eigenvalue weighted by atomic mass is 32.2. The molecule has 0 radical (unpaired) electrons. The van der Waals surface area contributed by atoms with E-state index >= 15 is 0 Å². The fourth-order valence-corrected chi connectivity index (χ4v) is 9.28. The van der Waals surface area contributed by atoms with E-state index in [0.29, 0.717) is 30.6 Å². The van der Waals surface area contributed by atoms with Gasteiger partial charge in [-0.05, 0) is 81.3 Å². The fraction of sp³-hybridized carbons (Fsp3) is 0.708. The SMILES string of the molecule is O=C(CC1CCCCN1S(=O)(=O)c1ccccc1C(F)(F)F)NC12CC3CC(CC(C3)C1)C2. The number of piperidine rings is 1. The van der Waals surface area contributed by atoms with E-state index in [-0.39, 0.29) is 24.4 Å². The summed E-state index contributed by atoms with van der Waals surface area (Å²) in [5.41, 5.74) is -1.33. The Balaban J connectivity index is 1.34. The van der Waals surface area contributed by atoms with E-state index in [1.807, 2.05) is 0 Å². The highest BCUT2D eigenvalue weighted by molar-refractivity contribution is 7.89. The molecule has 1 unspecified atom stereocenters. The molecule has 1 N–H and O–H groups in total. The summed E-state index contributed by atoms with van der Waals surface area (Å²) < 4.78 is 68.4. The van der Waals surface area contributed by atoms with Crippen LogP contribution < -0.4 is 5.32 Å². The summed E-state index contributed by atoms with van der Waals surface area (Å²) in [6.45, 7) is 0.129. The molecule has 33 heavy (non-hydrogen) atoms. The minimum absolute atomic E-state index is 0.00480. The standard InChI is InChI=1S/C24H31F3N2O3S/c25-24(26,27)20-6-1-2-7-21(20)33(31,32)29-8-4-3-5-19(29)12-22(30)28-23-13-16-9-17(14-23)11-18(10-16)15-23/h1-2,6-7,16-19H,3-5,8-15H2,(H,28,30). The first kappa shape index (κ1) is 23.1. The number of hydrogen-bond donors (Lipinski definition) is 1. The number of sulfonamides is 1. The lowest BCUT2D eigenvalue weighted by molar-refractivity contribution is -0.140. The minimum atomic E-state index is -4.77. The lowest BCUT2D eigenvalue weighted by Crippen LogP contribution is -2.60. The molecule has 182 valence electrons. The second kappa shape index (κ2) is 8.26. The van der Waals surface area contributed by atoms with Gasteiger partial charge in [-0.15, -0.1) is 0 Å². The third-order valence-electron chi connectivity index (χ3n) is 8.22. The van der Waals surface area contributed by atoms with Crippen molar-refractivity contribution in [1.29, 1.82) is 0 Å². The van der Waals surface area contributed by atoms with Gasteiger partial charge in [0, 0.05) is 24.5 Å². The average molecular weight is 485 g/mol. The van der Waals surface area contributed by atoms with Crippen LogP contribution in [0.15, 0.2) is 29.2 Å². The van der Waals surface area contributed by atoms with Crippen molar-refractivity contribution in [2.75, 3.05) is 6.54 Å². The Morgan fingerprint density at radius 3 is 2.24 bits per heavy atom. The number of halogens is 3. The molecule has 1 atom stereocenters. The van der Waals surface area contributed by atoms with Crippen molar-refractivity contribution < 1.29 is 26.4 Å². The third kappa shape index (κ3) is 4.43. The molecule has 1 amide bonds. The van der Waals surface area contributed by atoms with Gasteiger partial charge in [0.05, 0.1) is 10.5 Å². The van der Waals surface area contributed by atoms with Crippen molar-refractivity contribution in [3.63, 3.8) is 0 Å². The first-order valence-electron chi connectivity index (χ1n) is 12.0. The van der Waals surface area contributed by atoms with Crippen molar-refractivity contribution in [3.05, 3.63) is 29.8 Å². The first-order valence-corrected chi connectivity index (χ1v) is 13.5. The van der Waals surface area contributed by atoms with Gasteiger partial charge in [0.1, 0.15) is 0 Å². The number of hydrogen-bond acceptors (Lipinski definition) is 3. The van der Waals surface area contributed by atoms with Gasteiger partial charge in [-0.1, -0.05) is 18.6 Å². The zero-order valence-electron chi connectivity index (χ0n) is 18.6. The molecule has 5 nitrogen and oxygen atoms in total. The molecule has 5 fully saturated rings. The van der Waals surface area contributed by atoms with Crippen molar-refractivity contribution in [1.82, 2.24) is 9.62 Å².